The Morgan fingerprint density at radius 2 is 2.00 bits per heavy atom. The molecule has 0 aromatic heterocycles. The maximum Gasteiger partial charge on any atom is 0.321 e. The fraction of sp³-hybridized carbons (Fsp3) is 0.778. The van der Waals surface area contributed by atoms with Gasteiger partial charge in [-0.2, -0.15) is 0 Å². The normalized spacial score (nSPS) is 12.4. The van der Waals surface area contributed by atoms with Gasteiger partial charge in [0.05, 0.1) is 7.11 Å². The van der Waals surface area contributed by atoms with Crippen molar-refractivity contribution in [2.45, 2.75) is 25.1 Å². The number of methoxy groups -OCH3 is 1. The first-order valence-electron chi connectivity index (χ1n) is 4.46. The van der Waals surface area contributed by atoms with Crippen LogP contribution in [0.4, 0.5) is 0 Å². The molecule has 0 fully saturated rings. The molecule has 0 heterocycles. The average molecular weight is 266 g/mol. The van der Waals surface area contributed by atoms with E-state index in [1.807, 2.05) is 13.8 Å². The summed E-state index contributed by atoms with van der Waals surface area (Å²) in [5, 5.41) is 2.64. The molecule has 0 aliphatic heterocycles. The number of amides is 1. The Hall–Kier alpha value is -0.580. The van der Waals surface area contributed by atoms with E-state index in [4.69, 9.17) is 0 Å². The zero-order valence-electron chi connectivity index (χ0n) is 8.67. The lowest BCUT2D eigenvalue weighted by molar-refractivity contribution is -0.139. The second-order valence-electron chi connectivity index (χ2n) is 3.39. The van der Waals surface area contributed by atoms with Crippen LogP contribution in [0, 0.1) is 5.92 Å². The Bertz CT molecular complexity index is 206. The Balaban J connectivity index is 3.71. The molecule has 1 amide bonds. The van der Waals surface area contributed by atoms with Crippen molar-refractivity contribution < 1.29 is 14.3 Å². The highest BCUT2D eigenvalue weighted by Crippen LogP contribution is 2.02. The number of carbonyl (C=O) groups is 2. The molecule has 5 heteroatoms. The van der Waals surface area contributed by atoms with Gasteiger partial charge in [-0.15, -0.1) is 0 Å². The van der Waals surface area contributed by atoms with Gasteiger partial charge in [-0.05, 0) is 5.92 Å². The third kappa shape index (κ3) is 5.96. The topological polar surface area (TPSA) is 55.4 Å². The van der Waals surface area contributed by atoms with Gasteiger partial charge in [0, 0.05) is 13.0 Å². The van der Waals surface area contributed by atoms with E-state index in [0.29, 0.717) is 12.3 Å². The van der Waals surface area contributed by atoms with E-state index in [1.165, 1.54) is 7.11 Å². The van der Waals surface area contributed by atoms with Gasteiger partial charge in [0.2, 0.25) is 5.91 Å². The molecule has 0 aliphatic rings. The molecular weight excluding hydrogens is 250 g/mol. The molecule has 0 spiro atoms. The lowest BCUT2D eigenvalue weighted by Gasteiger charge is -2.10. The van der Waals surface area contributed by atoms with E-state index in [9.17, 15) is 9.59 Å². The van der Waals surface area contributed by atoms with Gasteiger partial charge in [0.25, 0.3) is 0 Å². The third-order valence-electron chi connectivity index (χ3n) is 1.53. The summed E-state index contributed by atoms with van der Waals surface area (Å²) in [5.74, 6) is -0.106. The molecule has 0 aromatic carbocycles. The van der Waals surface area contributed by atoms with Gasteiger partial charge < -0.3 is 10.1 Å². The summed E-state index contributed by atoms with van der Waals surface area (Å²) in [6, 6.07) is 0. The van der Waals surface area contributed by atoms with Crippen molar-refractivity contribution in [3.8, 4) is 0 Å². The quantitative estimate of drug-likeness (QED) is 0.598. The fourth-order valence-corrected chi connectivity index (χ4v) is 1.21. The second-order valence-corrected chi connectivity index (χ2v) is 4.50. The molecule has 1 atom stereocenters. The van der Waals surface area contributed by atoms with E-state index in [1.54, 1.807) is 0 Å². The standard InChI is InChI=1S/C9H16BrNO3/c1-6(2)4-8(12)11-5-7(10)9(13)14-3/h6-7H,4-5H2,1-3H3,(H,11,12). The highest BCUT2D eigenvalue weighted by Gasteiger charge is 2.16. The van der Waals surface area contributed by atoms with Crippen LogP contribution < -0.4 is 5.32 Å². The maximum atomic E-state index is 11.2. The van der Waals surface area contributed by atoms with Crippen LogP contribution in [-0.2, 0) is 14.3 Å². The Morgan fingerprint density at radius 3 is 2.43 bits per heavy atom. The van der Waals surface area contributed by atoms with Gasteiger partial charge in [0.15, 0.2) is 0 Å². The third-order valence-corrected chi connectivity index (χ3v) is 2.23. The van der Waals surface area contributed by atoms with E-state index < -0.39 is 4.83 Å². The summed E-state index contributed by atoms with van der Waals surface area (Å²) in [5.41, 5.74) is 0. The van der Waals surface area contributed by atoms with E-state index in [-0.39, 0.29) is 18.4 Å². The minimum absolute atomic E-state index is 0.0478. The number of esters is 1. The minimum Gasteiger partial charge on any atom is -0.468 e. The molecule has 0 aliphatic carbocycles. The molecule has 0 bridgehead atoms. The van der Waals surface area contributed by atoms with E-state index in [0.717, 1.165) is 0 Å². The lowest BCUT2D eigenvalue weighted by Crippen LogP contribution is -2.34. The Kier molecular flexibility index (Phi) is 6.53. The summed E-state index contributed by atoms with van der Waals surface area (Å²) in [6.45, 7) is 4.19. The van der Waals surface area contributed by atoms with E-state index >= 15 is 0 Å². The number of carbonyl (C=O) groups excluding carboxylic acids is 2. The van der Waals surface area contributed by atoms with Crippen LogP contribution in [0.3, 0.4) is 0 Å². The molecule has 0 saturated carbocycles. The van der Waals surface area contributed by atoms with Gasteiger partial charge in [0.1, 0.15) is 4.83 Å². The van der Waals surface area contributed by atoms with Crippen molar-refractivity contribution >= 4 is 27.8 Å². The number of halogens is 1. The van der Waals surface area contributed by atoms with Crippen LogP contribution in [0.15, 0.2) is 0 Å². The predicted octanol–water partition coefficient (Wildman–Crippen LogP) is 1.09. The Labute approximate surface area is 92.5 Å². The zero-order valence-corrected chi connectivity index (χ0v) is 10.3. The molecular formula is C9H16BrNO3. The molecule has 0 saturated heterocycles. The second kappa shape index (κ2) is 6.81. The van der Waals surface area contributed by atoms with Crippen LogP contribution >= 0.6 is 15.9 Å². The largest absolute Gasteiger partial charge is 0.468 e. The average Bonchev–Trinajstić information content (AvgIpc) is 2.11. The number of hydrogen-bond acceptors (Lipinski definition) is 3. The predicted molar refractivity (Wildman–Crippen MR) is 57.2 cm³/mol. The van der Waals surface area contributed by atoms with Crippen molar-refractivity contribution in [3.05, 3.63) is 0 Å². The number of alkyl halides is 1. The first kappa shape index (κ1) is 13.4. The van der Waals surface area contributed by atoms with Gasteiger partial charge >= 0.3 is 5.97 Å². The zero-order chi connectivity index (χ0) is 11.1. The summed E-state index contributed by atoms with van der Waals surface area (Å²) in [7, 11) is 1.31. The van der Waals surface area contributed by atoms with Crippen molar-refractivity contribution in [2.75, 3.05) is 13.7 Å². The van der Waals surface area contributed by atoms with Crippen molar-refractivity contribution in [1.29, 1.82) is 0 Å². The summed E-state index contributed by atoms with van der Waals surface area (Å²) < 4.78 is 4.49. The number of hydrogen-bond donors (Lipinski definition) is 1. The first-order chi connectivity index (χ1) is 6.47. The van der Waals surface area contributed by atoms with Crippen LogP contribution in [0.1, 0.15) is 20.3 Å². The molecule has 0 rings (SSSR count). The summed E-state index contributed by atoms with van der Waals surface area (Å²) in [4.78, 5) is 21.6. The molecule has 1 N–H and O–H groups in total. The first-order valence-corrected chi connectivity index (χ1v) is 5.37. The molecule has 0 radical (unpaired) electrons. The SMILES string of the molecule is COC(=O)C(Br)CNC(=O)CC(C)C. The molecule has 0 aromatic rings. The van der Waals surface area contributed by atoms with Crippen LogP contribution in [-0.4, -0.2) is 30.4 Å². The maximum absolute atomic E-state index is 11.2. The van der Waals surface area contributed by atoms with E-state index in [2.05, 4.69) is 26.0 Å². The molecule has 4 nitrogen and oxygen atoms in total. The number of rotatable bonds is 5. The summed E-state index contributed by atoms with van der Waals surface area (Å²) >= 11 is 3.11. The molecule has 14 heavy (non-hydrogen) atoms. The highest BCUT2D eigenvalue weighted by molar-refractivity contribution is 9.10. The van der Waals surface area contributed by atoms with Gasteiger partial charge in [-0.3, -0.25) is 9.59 Å². The van der Waals surface area contributed by atoms with Crippen molar-refractivity contribution in [3.63, 3.8) is 0 Å². The highest BCUT2D eigenvalue weighted by atomic mass is 79.9. The smallest absolute Gasteiger partial charge is 0.321 e. The van der Waals surface area contributed by atoms with Gasteiger partial charge in [-0.25, -0.2) is 0 Å². The molecule has 82 valence electrons. The minimum atomic E-state index is -0.469. The number of ether oxygens (including phenoxy) is 1. The summed E-state index contributed by atoms with van der Waals surface area (Å²) in [6.07, 6.45) is 0.473. The van der Waals surface area contributed by atoms with Crippen LogP contribution in [0.25, 0.3) is 0 Å². The monoisotopic (exact) mass is 265 g/mol. The Morgan fingerprint density at radius 1 is 1.43 bits per heavy atom. The molecule has 1 unspecified atom stereocenters. The van der Waals surface area contributed by atoms with Gasteiger partial charge in [-0.1, -0.05) is 29.8 Å². The van der Waals surface area contributed by atoms with Crippen molar-refractivity contribution in [1.82, 2.24) is 5.32 Å². The van der Waals surface area contributed by atoms with Crippen LogP contribution in [0.5, 0.6) is 0 Å². The van der Waals surface area contributed by atoms with Crippen molar-refractivity contribution in [2.24, 2.45) is 5.92 Å². The number of nitrogens with one attached hydrogen (secondary N) is 1. The fourth-order valence-electron chi connectivity index (χ4n) is 0.858. The lowest BCUT2D eigenvalue weighted by atomic mass is 10.1. The van der Waals surface area contributed by atoms with Crippen LogP contribution in [0.2, 0.25) is 0 Å².